The highest BCUT2D eigenvalue weighted by atomic mass is 31.2. The van der Waals surface area contributed by atoms with Gasteiger partial charge in [-0.1, -0.05) is 306 Å². The molecule has 0 fully saturated rings. The fraction of sp³-hybridized carbons (Fsp3) is 0.792. The van der Waals surface area contributed by atoms with Gasteiger partial charge in [-0.05, 0) is 77.0 Å². The van der Waals surface area contributed by atoms with Crippen LogP contribution in [0.2, 0.25) is 0 Å². The number of hydrogen-bond acceptors (Lipinski definition) is 15. The van der Waals surface area contributed by atoms with Crippen LogP contribution < -0.4 is 0 Å². The van der Waals surface area contributed by atoms with Crippen molar-refractivity contribution >= 4 is 39.5 Å². The van der Waals surface area contributed by atoms with Crippen molar-refractivity contribution in [3.63, 3.8) is 0 Å². The summed E-state index contributed by atoms with van der Waals surface area (Å²) in [7, 11) is -9.96. The molecule has 0 saturated heterocycles. The number of hydrogen-bond donors (Lipinski definition) is 3. The Hall–Kier alpha value is -3.50. The van der Waals surface area contributed by atoms with Crippen LogP contribution in [0.1, 0.15) is 336 Å². The molecule has 5 atom stereocenters. The normalized spacial score (nSPS) is 14.4. The number of esters is 4. The molecule has 19 heteroatoms. The van der Waals surface area contributed by atoms with Crippen molar-refractivity contribution in [3.05, 3.63) is 72.9 Å². The van der Waals surface area contributed by atoms with E-state index in [0.29, 0.717) is 25.7 Å². The summed E-state index contributed by atoms with van der Waals surface area (Å²) in [5.41, 5.74) is 0. The number of carbonyl (C=O) groups is 4. The van der Waals surface area contributed by atoms with Gasteiger partial charge < -0.3 is 33.8 Å². The number of phosphoric ester groups is 2. The van der Waals surface area contributed by atoms with Crippen molar-refractivity contribution in [2.24, 2.45) is 0 Å². The molecular formula is C77H138O17P2. The van der Waals surface area contributed by atoms with E-state index in [1.807, 2.05) is 18.2 Å². The lowest BCUT2D eigenvalue weighted by Crippen LogP contribution is -2.30. The quantitative estimate of drug-likeness (QED) is 0.0169. The molecule has 0 saturated carbocycles. The number of phosphoric acid groups is 2. The maximum Gasteiger partial charge on any atom is 0.472 e. The molecule has 0 aromatic rings. The zero-order chi connectivity index (χ0) is 70.4. The number of aliphatic hydroxyl groups is 1. The zero-order valence-electron chi connectivity index (χ0n) is 60.8. The fourth-order valence-electron chi connectivity index (χ4n) is 10.4. The number of aliphatic hydroxyl groups excluding tert-OH is 1. The molecular weight excluding hydrogens is 1260 g/mol. The van der Waals surface area contributed by atoms with Gasteiger partial charge in [-0.15, -0.1) is 0 Å². The Kier molecular flexibility index (Phi) is 67.4. The third kappa shape index (κ3) is 69.0. The summed E-state index contributed by atoms with van der Waals surface area (Å²) in [5.74, 6) is -2.30. The van der Waals surface area contributed by atoms with Gasteiger partial charge in [0.2, 0.25) is 0 Å². The molecule has 0 aliphatic carbocycles. The lowest BCUT2D eigenvalue weighted by atomic mass is 10.0. The van der Waals surface area contributed by atoms with Gasteiger partial charge >= 0.3 is 39.5 Å². The molecule has 0 amide bonds. The van der Waals surface area contributed by atoms with E-state index < -0.39 is 97.5 Å². The third-order valence-corrected chi connectivity index (χ3v) is 18.1. The van der Waals surface area contributed by atoms with Crippen LogP contribution in [-0.2, 0) is 65.4 Å². The number of unbranched alkanes of at least 4 members (excludes halogenated alkanes) is 35. The smallest absolute Gasteiger partial charge is 0.462 e. The summed E-state index contributed by atoms with van der Waals surface area (Å²) < 4.78 is 68.3. The molecule has 558 valence electrons. The molecule has 3 N–H and O–H groups in total. The van der Waals surface area contributed by atoms with Crippen molar-refractivity contribution in [2.75, 3.05) is 39.6 Å². The van der Waals surface area contributed by atoms with Crippen LogP contribution >= 0.6 is 15.6 Å². The second-order valence-corrected chi connectivity index (χ2v) is 28.5. The monoisotopic (exact) mass is 1400 g/mol. The summed E-state index contributed by atoms with van der Waals surface area (Å²) in [4.78, 5) is 72.7. The highest BCUT2D eigenvalue weighted by Crippen LogP contribution is 2.45. The van der Waals surface area contributed by atoms with Gasteiger partial charge in [0.25, 0.3) is 0 Å². The van der Waals surface area contributed by atoms with Gasteiger partial charge in [0.1, 0.15) is 19.3 Å². The van der Waals surface area contributed by atoms with E-state index in [1.165, 1.54) is 141 Å². The molecule has 0 aliphatic heterocycles. The molecule has 0 rings (SSSR count). The van der Waals surface area contributed by atoms with E-state index >= 15 is 0 Å². The maximum atomic E-state index is 13.1. The molecule has 0 heterocycles. The number of rotatable bonds is 72. The molecule has 0 spiro atoms. The minimum Gasteiger partial charge on any atom is -0.462 e. The summed E-state index contributed by atoms with van der Waals surface area (Å²) >= 11 is 0. The first-order valence-electron chi connectivity index (χ1n) is 38.2. The molecule has 5 unspecified atom stereocenters. The zero-order valence-corrected chi connectivity index (χ0v) is 62.6. The lowest BCUT2D eigenvalue weighted by molar-refractivity contribution is -0.161. The second-order valence-electron chi connectivity index (χ2n) is 25.6. The van der Waals surface area contributed by atoms with Gasteiger partial charge in [0.05, 0.1) is 32.8 Å². The second kappa shape index (κ2) is 70.0. The first-order chi connectivity index (χ1) is 46.7. The SMILES string of the molecule is CC/C=C\C/C=C\C/C=C\C/C=C\C/C=C\CC(=O)OCC(COP(=O)(O)OCC(O)COP(=O)(O)OCC(COC(=O)CCCCCCC/C=C\CCCCCCCC)OC(=O)CCCCCCCCCCCCCCC)OC(=O)CCCCCCCCCCCCCCC. The average molecular weight is 1400 g/mol. The highest BCUT2D eigenvalue weighted by Gasteiger charge is 2.30. The summed E-state index contributed by atoms with van der Waals surface area (Å²) in [6.07, 6.45) is 69.2. The van der Waals surface area contributed by atoms with Crippen LogP contribution in [-0.4, -0.2) is 96.7 Å². The van der Waals surface area contributed by atoms with Crippen LogP contribution in [0.5, 0.6) is 0 Å². The number of ether oxygens (including phenoxy) is 4. The first-order valence-corrected chi connectivity index (χ1v) is 41.2. The molecule has 17 nitrogen and oxygen atoms in total. The first kappa shape index (κ1) is 92.5. The van der Waals surface area contributed by atoms with Gasteiger partial charge in [-0.2, -0.15) is 0 Å². The summed E-state index contributed by atoms with van der Waals surface area (Å²) in [6, 6.07) is 0. The van der Waals surface area contributed by atoms with Crippen LogP contribution in [0.4, 0.5) is 0 Å². The van der Waals surface area contributed by atoms with Crippen molar-refractivity contribution in [3.8, 4) is 0 Å². The minimum atomic E-state index is -4.98. The van der Waals surface area contributed by atoms with Crippen LogP contribution in [0.25, 0.3) is 0 Å². The van der Waals surface area contributed by atoms with Gasteiger partial charge in [0.15, 0.2) is 12.2 Å². The Balaban J connectivity index is 5.37. The molecule has 0 aromatic heterocycles. The Morgan fingerprint density at radius 1 is 0.312 bits per heavy atom. The van der Waals surface area contributed by atoms with Crippen molar-refractivity contribution in [2.45, 2.75) is 354 Å². The third-order valence-electron chi connectivity index (χ3n) is 16.2. The standard InChI is InChI=1S/C77H138O17P2/c1-5-9-13-17-21-25-29-33-35-39-41-45-49-53-57-61-74(79)87-67-72(93-76(81)63-59-55-51-47-43-37-31-27-23-19-15-11-7-3)69-91-95(83,84)89-65-71(78)66-90-96(85,86)92-70-73(94-77(82)64-60-56-52-48-44-38-32-28-24-20-16-12-8-4)68-88-75(80)62-58-54-50-46-42-40-36-34-30-26-22-18-14-10-6-2/h9,13,21,25,33-36,41,45,53,57,71-73,78H,5-8,10-12,14-20,22-24,26-32,37-40,42-44,46-52,54-56,58-70H2,1-4H3,(H,83,84)(H,85,86)/b13-9-,25-21-,35-33-,36-34-,45-41-,57-53-. The predicted molar refractivity (Wildman–Crippen MR) is 390 cm³/mol. The topological polar surface area (TPSA) is 237 Å². The molecule has 0 bridgehead atoms. The predicted octanol–water partition coefficient (Wildman–Crippen LogP) is 21.7. The van der Waals surface area contributed by atoms with E-state index in [2.05, 4.69) is 76.3 Å². The molecule has 96 heavy (non-hydrogen) atoms. The van der Waals surface area contributed by atoms with Crippen molar-refractivity contribution in [1.82, 2.24) is 0 Å². The Bertz CT molecular complexity index is 2110. The average Bonchev–Trinajstić information content (AvgIpc) is 1.14. The molecule has 0 aromatic carbocycles. The molecule has 0 aliphatic rings. The summed E-state index contributed by atoms with van der Waals surface area (Å²) in [6.45, 7) is 4.68. The lowest BCUT2D eigenvalue weighted by Gasteiger charge is -2.21. The van der Waals surface area contributed by atoms with Gasteiger partial charge in [-0.25, -0.2) is 9.13 Å². The van der Waals surface area contributed by atoms with Gasteiger partial charge in [0, 0.05) is 19.3 Å². The van der Waals surface area contributed by atoms with E-state index in [9.17, 15) is 43.2 Å². The van der Waals surface area contributed by atoms with E-state index in [1.54, 1.807) is 6.08 Å². The van der Waals surface area contributed by atoms with E-state index in [-0.39, 0.29) is 25.7 Å². The fourth-order valence-corrected chi connectivity index (χ4v) is 12.0. The number of allylic oxidation sites excluding steroid dienone is 11. The van der Waals surface area contributed by atoms with E-state index in [4.69, 9.17) is 37.0 Å². The van der Waals surface area contributed by atoms with Crippen LogP contribution in [0.15, 0.2) is 72.9 Å². The van der Waals surface area contributed by atoms with Crippen molar-refractivity contribution < 1.29 is 80.2 Å². The van der Waals surface area contributed by atoms with Gasteiger partial charge in [-0.3, -0.25) is 37.3 Å². The molecule has 0 radical (unpaired) electrons. The Labute approximate surface area is 583 Å². The Morgan fingerprint density at radius 2 is 0.583 bits per heavy atom. The largest absolute Gasteiger partial charge is 0.472 e. The maximum absolute atomic E-state index is 13.1. The van der Waals surface area contributed by atoms with Crippen LogP contribution in [0, 0.1) is 0 Å². The minimum absolute atomic E-state index is 0.0667. The number of carbonyl (C=O) groups excluding carboxylic acids is 4. The Morgan fingerprint density at radius 3 is 0.917 bits per heavy atom. The van der Waals surface area contributed by atoms with Crippen molar-refractivity contribution in [1.29, 1.82) is 0 Å². The summed E-state index contributed by atoms with van der Waals surface area (Å²) in [5, 5.41) is 10.6. The van der Waals surface area contributed by atoms with E-state index in [0.717, 1.165) is 116 Å². The highest BCUT2D eigenvalue weighted by molar-refractivity contribution is 7.47. The van der Waals surface area contributed by atoms with Crippen LogP contribution in [0.3, 0.4) is 0 Å².